The number of likely N-dealkylation sites (tertiary alicyclic amines) is 1. The molecule has 2 aromatic rings. The zero-order valence-electron chi connectivity index (χ0n) is 15.2. The first-order chi connectivity index (χ1) is 12.1. The Morgan fingerprint density at radius 1 is 1.32 bits per heavy atom. The molecule has 1 aromatic carbocycles. The molecule has 1 fully saturated rings. The highest BCUT2D eigenvalue weighted by molar-refractivity contribution is 5.92. The highest BCUT2D eigenvalue weighted by Crippen LogP contribution is 2.22. The summed E-state index contributed by atoms with van der Waals surface area (Å²) in [6.07, 6.45) is 2.76. The maximum atomic E-state index is 12.8. The van der Waals surface area contributed by atoms with E-state index in [9.17, 15) is 4.79 Å². The number of nitrogens with zero attached hydrogens (tertiary/aromatic N) is 2. The quantitative estimate of drug-likeness (QED) is 0.830. The lowest BCUT2D eigenvalue weighted by Crippen LogP contribution is -2.41. The van der Waals surface area contributed by atoms with Crippen molar-refractivity contribution in [3.8, 4) is 5.75 Å². The lowest BCUT2D eigenvalue weighted by Gasteiger charge is -2.32. The minimum atomic E-state index is -0.0512. The van der Waals surface area contributed by atoms with Gasteiger partial charge in [0.2, 0.25) is 5.76 Å². The molecule has 1 amide bonds. The van der Waals surface area contributed by atoms with Crippen LogP contribution in [0.5, 0.6) is 5.75 Å². The summed E-state index contributed by atoms with van der Waals surface area (Å²) < 4.78 is 11.5. The number of hydrogen-bond donors (Lipinski definition) is 0. The van der Waals surface area contributed by atoms with Gasteiger partial charge in [-0.15, -0.1) is 0 Å². The molecule has 3 rings (SSSR count). The third kappa shape index (κ3) is 4.21. The Hall–Kier alpha value is -2.30. The molecule has 5 nitrogen and oxygen atoms in total. The molecule has 0 spiro atoms. The van der Waals surface area contributed by atoms with Crippen LogP contribution in [0.3, 0.4) is 0 Å². The Morgan fingerprint density at radius 3 is 2.76 bits per heavy atom. The molecular formula is C20H26N2O3. The highest BCUT2D eigenvalue weighted by Gasteiger charge is 2.28. The van der Waals surface area contributed by atoms with Gasteiger partial charge in [0.25, 0.3) is 5.91 Å². The van der Waals surface area contributed by atoms with Crippen LogP contribution in [0.2, 0.25) is 0 Å². The Kier molecular flexibility index (Phi) is 5.41. The molecule has 1 saturated heterocycles. The van der Waals surface area contributed by atoms with E-state index in [-0.39, 0.29) is 5.91 Å². The lowest BCUT2D eigenvalue weighted by molar-refractivity contribution is 0.0599. The summed E-state index contributed by atoms with van der Waals surface area (Å²) >= 11 is 0. The van der Waals surface area contributed by atoms with Crippen LogP contribution in [0, 0.1) is 19.8 Å². The molecule has 0 unspecified atom stereocenters. The lowest BCUT2D eigenvalue weighted by atomic mass is 9.98. The fourth-order valence-electron chi connectivity index (χ4n) is 3.18. The van der Waals surface area contributed by atoms with E-state index in [0.29, 0.717) is 42.8 Å². The molecule has 2 heterocycles. The number of benzene rings is 1. The van der Waals surface area contributed by atoms with E-state index in [0.717, 1.165) is 25.1 Å². The second-order valence-corrected chi connectivity index (χ2v) is 6.76. The van der Waals surface area contributed by atoms with Gasteiger partial charge in [-0.25, -0.2) is 4.98 Å². The zero-order valence-corrected chi connectivity index (χ0v) is 15.2. The molecule has 0 radical (unpaired) electrons. The number of aryl methyl sites for hydroxylation is 3. The van der Waals surface area contributed by atoms with Gasteiger partial charge in [0.1, 0.15) is 5.75 Å². The van der Waals surface area contributed by atoms with E-state index in [2.05, 4.69) is 11.9 Å². The second-order valence-electron chi connectivity index (χ2n) is 6.76. The molecular weight excluding hydrogens is 316 g/mol. The van der Waals surface area contributed by atoms with Crippen molar-refractivity contribution in [2.45, 2.75) is 40.0 Å². The monoisotopic (exact) mass is 342 g/mol. The standard InChI is InChI=1S/C20H26N2O3/c1-4-18-21-15(3)19(25-18)20(23)22-11-5-6-16(12-22)13-24-17-9-7-14(2)8-10-17/h7-10,16H,4-6,11-13H2,1-3H3/t16-/m1/s1. The maximum Gasteiger partial charge on any atom is 0.291 e. The summed E-state index contributed by atoms with van der Waals surface area (Å²) in [6, 6.07) is 8.07. The van der Waals surface area contributed by atoms with Crippen LogP contribution in [0.1, 0.15) is 47.5 Å². The number of carbonyl (C=O) groups is 1. The van der Waals surface area contributed by atoms with Gasteiger partial charge in [-0.3, -0.25) is 4.79 Å². The number of hydrogen-bond acceptors (Lipinski definition) is 4. The van der Waals surface area contributed by atoms with Gasteiger partial charge < -0.3 is 14.1 Å². The average Bonchev–Trinajstić information content (AvgIpc) is 3.02. The summed E-state index contributed by atoms with van der Waals surface area (Å²) in [7, 11) is 0. The van der Waals surface area contributed by atoms with E-state index in [1.807, 2.05) is 43.0 Å². The highest BCUT2D eigenvalue weighted by atomic mass is 16.5. The van der Waals surface area contributed by atoms with E-state index >= 15 is 0 Å². The molecule has 5 heteroatoms. The first kappa shape index (κ1) is 17.5. The topological polar surface area (TPSA) is 55.6 Å². The number of ether oxygens (including phenoxy) is 1. The first-order valence-corrected chi connectivity index (χ1v) is 9.02. The van der Waals surface area contributed by atoms with Crippen LogP contribution in [0.15, 0.2) is 28.7 Å². The van der Waals surface area contributed by atoms with Gasteiger partial charge in [-0.1, -0.05) is 24.6 Å². The number of piperidine rings is 1. The van der Waals surface area contributed by atoms with Crippen LogP contribution in [-0.4, -0.2) is 35.5 Å². The van der Waals surface area contributed by atoms with Crippen molar-refractivity contribution in [2.24, 2.45) is 5.92 Å². The predicted octanol–water partition coefficient (Wildman–Crippen LogP) is 3.79. The zero-order chi connectivity index (χ0) is 17.8. The minimum Gasteiger partial charge on any atom is -0.493 e. The molecule has 1 aliphatic rings. The van der Waals surface area contributed by atoms with E-state index in [4.69, 9.17) is 9.15 Å². The van der Waals surface area contributed by atoms with Crippen molar-refractivity contribution in [3.63, 3.8) is 0 Å². The predicted molar refractivity (Wildman–Crippen MR) is 95.9 cm³/mol. The maximum absolute atomic E-state index is 12.8. The average molecular weight is 342 g/mol. The van der Waals surface area contributed by atoms with Crippen molar-refractivity contribution >= 4 is 5.91 Å². The van der Waals surface area contributed by atoms with E-state index in [1.165, 1.54) is 5.56 Å². The number of rotatable bonds is 5. The largest absolute Gasteiger partial charge is 0.493 e. The molecule has 0 N–H and O–H groups in total. The van der Waals surface area contributed by atoms with Crippen LogP contribution >= 0.6 is 0 Å². The summed E-state index contributed by atoms with van der Waals surface area (Å²) in [5.41, 5.74) is 1.90. The second kappa shape index (κ2) is 7.72. The summed E-state index contributed by atoms with van der Waals surface area (Å²) in [6.45, 7) is 7.96. The number of oxazole rings is 1. The summed E-state index contributed by atoms with van der Waals surface area (Å²) in [5.74, 6) is 2.18. The summed E-state index contributed by atoms with van der Waals surface area (Å²) in [5, 5.41) is 0. The molecule has 1 atom stereocenters. The van der Waals surface area contributed by atoms with Crippen molar-refractivity contribution in [3.05, 3.63) is 47.2 Å². The number of aromatic nitrogens is 1. The van der Waals surface area contributed by atoms with Gasteiger partial charge in [0.15, 0.2) is 5.89 Å². The van der Waals surface area contributed by atoms with Gasteiger partial charge in [0.05, 0.1) is 12.3 Å². The third-order valence-corrected chi connectivity index (χ3v) is 4.65. The Bertz CT molecular complexity index is 721. The normalized spacial score (nSPS) is 17.6. The van der Waals surface area contributed by atoms with Crippen molar-refractivity contribution in [1.29, 1.82) is 0 Å². The fraction of sp³-hybridized carbons (Fsp3) is 0.500. The first-order valence-electron chi connectivity index (χ1n) is 9.02. The molecule has 134 valence electrons. The van der Waals surface area contributed by atoms with Crippen LogP contribution in [0.25, 0.3) is 0 Å². The number of amides is 1. The van der Waals surface area contributed by atoms with Crippen LogP contribution in [0.4, 0.5) is 0 Å². The Morgan fingerprint density at radius 2 is 2.08 bits per heavy atom. The van der Waals surface area contributed by atoms with Gasteiger partial charge in [-0.05, 0) is 38.8 Å². The molecule has 1 aliphatic heterocycles. The van der Waals surface area contributed by atoms with Crippen molar-refractivity contribution in [2.75, 3.05) is 19.7 Å². The molecule has 0 bridgehead atoms. The third-order valence-electron chi connectivity index (χ3n) is 4.65. The van der Waals surface area contributed by atoms with Crippen LogP contribution in [-0.2, 0) is 6.42 Å². The smallest absolute Gasteiger partial charge is 0.291 e. The fourth-order valence-corrected chi connectivity index (χ4v) is 3.18. The Labute approximate surface area is 149 Å². The van der Waals surface area contributed by atoms with Crippen molar-refractivity contribution < 1.29 is 13.9 Å². The molecule has 0 saturated carbocycles. The van der Waals surface area contributed by atoms with E-state index in [1.54, 1.807) is 0 Å². The van der Waals surface area contributed by atoms with Gasteiger partial charge in [-0.2, -0.15) is 0 Å². The van der Waals surface area contributed by atoms with Gasteiger partial charge in [0, 0.05) is 25.4 Å². The van der Waals surface area contributed by atoms with Crippen molar-refractivity contribution in [1.82, 2.24) is 9.88 Å². The number of carbonyl (C=O) groups excluding carboxylic acids is 1. The SMILES string of the molecule is CCc1nc(C)c(C(=O)N2CCC[C@@H](COc3ccc(C)cc3)C2)o1. The molecule has 0 aliphatic carbocycles. The van der Waals surface area contributed by atoms with E-state index < -0.39 is 0 Å². The van der Waals surface area contributed by atoms with Crippen LogP contribution < -0.4 is 4.74 Å². The Balaban J connectivity index is 1.59. The van der Waals surface area contributed by atoms with Gasteiger partial charge >= 0.3 is 0 Å². The minimum absolute atomic E-state index is 0.0512. The molecule has 1 aromatic heterocycles. The summed E-state index contributed by atoms with van der Waals surface area (Å²) in [4.78, 5) is 18.9. The molecule has 25 heavy (non-hydrogen) atoms.